The molecule has 1 amide bonds. The van der Waals surface area contributed by atoms with Crippen LogP contribution in [0, 0.1) is 0 Å². The summed E-state index contributed by atoms with van der Waals surface area (Å²) in [6.07, 6.45) is 0. The van der Waals surface area contributed by atoms with E-state index in [2.05, 4.69) is 10.0 Å². The van der Waals surface area contributed by atoms with E-state index in [1.165, 1.54) is 38.5 Å². The topological polar surface area (TPSA) is 93.7 Å². The zero-order chi connectivity index (χ0) is 20.9. The summed E-state index contributed by atoms with van der Waals surface area (Å²) in [5, 5.41) is 2.74. The van der Waals surface area contributed by atoms with Crippen molar-refractivity contribution >= 4 is 27.3 Å². The van der Waals surface area contributed by atoms with Gasteiger partial charge in [-0.15, -0.1) is 0 Å². The highest BCUT2D eigenvalue weighted by Crippen LogP contribution is 2.30. The van der Waals surface area contributed by atoms with Crippen LogP contribution in [0.15, 0.2) is 77.7 Å². The van der Waals surface area contributed by atoms with Crippen molar-refractivity contribution in [1.29, 1.82) is 0 Å². The molecule has 2 N–H and O–H groups in total. The maximum absolute atomic E-state index is 12.9. The minimum absolute atomic E-state index is 0.102. The number of hydrogen-bond acceptors (Lipinski definition) is 5. The molecule has 0 fully saturated rings. The number of ether oxygens (including phenoxy) is 2. The van der Waals surface area contributed by atoms with E-state index in [0.29, 0.717) is 17.2 Å². The van der Waals surface area contributed by atoms with Gasteiger partial charge in [-0.1, -0.05) is 30.3 Å². The molecule has 0 aliphatic heterocycles. The van der Waals surface area contributed by atoms with Crippen molar-refractivity contribution in [3.8, 4) is 11.5 Å². The second-order valence-electron chi connectivity index (χ2n) is 5.98. The fourth-order valence-electron chi connectivity index (χ4n) is 2.67. The number of methoxy groups -OCH3 is 2. The molecule has 0 saturated heterocycles. The summed E-state index contributed by atoms with van der Waals surface area (Å²) in [7, 11) is -0.840. The molecule has 3 rings (SSSR count). The molecule has 0 aliphatic carbocycles. The van der Waals surface area contributed by atoms with Gasteiger partial charge in [-0.05, 0) is 36.4 Å². The number of anilines is 2. The zero-order valence-corrected chi connectivity index (χ0v) is 16.7. The Balaban J connectivity index is 1.90. The van der Waals surface area contributed by atoms with Crippen LogP contribution >= 0.6 is 0 Å². The molecule has 3 aromatic rings. The SMILES string of the molecule is COc1ccc(OC)c(NC(=O)c2ccccc2NS(=O)(=O)c2ccccc2)c1. The van der Waals surface area contributed by atoms with Crippen LogP contribution in [0.2, 0.25) is 0 Å². The molecule has 7 nitrogen and oxygen atoms in total. The Kier molecular flexibility index (Phi) is 6.04. The highest BCUT2D eigenvalue weighted by molar-refractivity contribution is 7.92. The van der Waals surface area contributed by atoms with Gasteiger partial charge in [-0.25, -0.2) is 8.42 Å². The van der Waals surface area contributed by atoms with Gasteiger partial charge < -0.3 is 14.8 Å². The Morgan fingerprint density at radius 3 is 2.21 bits per heavy atom. The molecule has 8 heteroatoms. The van der Waals surface area contributed by atoms with Crippen molar-refractivity contribution in [2.75, 3.05) is 24.3 Å². The van der Waals surface area contributed by atoms with Gasteiger partial charge in [0.25, 0.3) is 15.9 Å². The first-order valence-corrected chi connectivity index (χ1v) is 10.1. The Morgan fingerprint density at radius 2 is 1.52 bits per heavy atom. The fourth-order valence-corrected chi connectivity index (χ4v) is 3.78. The molecule has 0 bridgehead atoms. The number of nitrogens with one attached hydrogen (secondary N) is 2. The minimum Gasteiger partial charge on any atom is -0.497 e. The van der Waals surface area contributed by atoms with Crippen LogP contribution in [0.25, 0.3) is 0 Å². The fraction of sp³-hybridized carbons (Fsp3) is 0.0952. The predicted molar refractivity (Wildman–Crippen MR) is 111 cm³/mol. The summed E-state index contributed by atoms with van der Waals surface area (Å²) in [6, 6.07) is 19.3. The lowest BCUT2D eigenvalue weighted by Gasteiger charge is -2.15. The van der Waals surface area contributed by atoms with Crippen molar-refractivity contribution in [1.82, 2.24) is 0 Å². The third-order valence-corrected chi connectivity index (χ3v) is 5.51. The summed E-state index contributed by atoms with van der Waals surface area (Å²) >= 11 is 0. The molecule has 29 heavy (non-hydrogen) atoms. The zero-order valence-electron chi connectivity index (χ0n) is 15.9. The molecule has 0 unspecified atom stereocenters. The number of para-hydroxylation sites is 1. The van der Waals surface area contributed by atoms with Gasteiger partial charge in [-0.3, -0.25) is 9.52 Å². The molecule has 0 spiro atoms. The highest BCUT2D eigenvalue weighted by Gasteiger charge is 2.19. The van der Waals surface area contributed by atoms with Crippen LogP contribution in [-0.2, 0) is 10.0 Å². The number of sulfonamides is 1. The van der Waals surface area contributed by atoms with E-state index >= 15 is 0 Å². The average Bonchev–Trinajstić information content (AvgIpc) is 2.74. The molecule has 0 aromatic heterocycles. The minimum atomic E-state index is -3.84. The summed E-state index contributed by atoms with van der Waals surface area (Å²) in [4.78, 5) is 13.0. The summed E-state index contributed by atoms with van der Waals surface area (Å²) in [5.74, 6) is 0.489. The van der Waals surface area contributed by atoms with Crippen LogP contribution in [0.5, 0.6) is 11.5 Å². The van der Waals surface area contributed by atoms with E-state index in [0.717, 1.165) is 0 Å². The van der Waals surface area contributed by atoms with Crippen LogP contribution in [0.3, 0.4) is 0 Å². The Labute approximate surface area is 169 Å². The van der Waals surface area contributed by atoms with Crippen molar-refractivity contribution in [2.45, 2.75) is 4.90 Å². The highest BCUT2D eigenvalue weighted by atomic mass is 32.2. The quantitative estimate of drug-likeness (QED) is 0.616. The molecular weight excluding hydrogens is 392 g/mol. The van der Waals surface area contributed by atoms with E-state index < -0.39 is 15.9 Å². The number of amides is 1. The number of hydrogen-bond donors (Lipinski definition) is 2. The summed E-state index contributed by atoms with van der Waals surface area (Å²) < 4.78 is 38.2. The first kappa shape index (κ1) is 20.2. The van der Waals surface area contributed by atoms with E-state index in [1.807, 2.05) is 0 Å². The summed E-state index contributed by atoms with van der Waals surface area (Å²) in [6.45, 7) is 0. The number of rotatable bonds is 7. The van der Waals surface area contributed by atoms with Crippen molar-refractivity contribution < 1.29 is 22.7 Å². The van der Waals surface area contributed by atoms with Crippen LogP contribution in [0.4, 0.5) is 11.4 Å². The number of benzene rings is 3. The van der Waals surface area contributed by atoms with E-state index in [9.17, 15) is 13.2 Å². The lowest BCUT2D eigenvalue weighted by atomic mass is 10.1. The third kappa shape index (κ3) is 4.67. The largest absolute Gasteiger partial charge is 0.497 e. The first-order chi connectivity index (χ1) is 13.9. The number of carbonyl (C=O) groups excluding carboxylic acids is 1. The summed E-state index contributed by atoms with van der Waals surface area (Å²) in [5.41, 5.74) is 0.727. The second kappa shape index (κ2) is 8.66. The van der Waals surface area contributed by atoms with Gasteiger partial charge >= 0.3 is 0 Å². The monoisotopic (exact) mass is 412 g/mol. The molecule has 0 atom stereocenters. The van der Waals surface area contributed by atoms with Gasteiger partial charge in [0.05, 0.1) is 36.1 Å². The lowest BCUT2D eigenvalue weighted by Crippen LogP contribution is -2.18. The van der Waals surface area contributed by atoms with Crippen LogP contribution in [-0.4, -0.2) is 28.5 Å². The van der Waals surface area contributed by atoms with Crippen molar-refractivity contribution in [2.24, 2.45) is 0 Å². The number of carbonyl (C=O) groups is 1. The van der Waals surface area contributed by atoms with Crippen molar-refractivity contribution in [3.63, 3.8) is 0 Å². The van der Waals surface area contributed by atoms with Crippen LogP contribution in [0.1, 0.15) is 10.4 Å². The predicted octanol–water partition coefficient (Wildman–Crippen LogP) is 3.76. The van der Waals surface area contributed by atoms with Gasteiger partial charge in [0.1, 0.15) is 11.5 Å². The van der Waals surface area contributed by atoms with E-state index in [4.69, 9.17) is 9.47 Å². The van der Waals surface area contributed by atoms with E-state index in [-0.39, 0.29) is 16.1 Å². The van der Waals surface area contributed by atoms with Gasteiger partial charge in [0.15, 0.2) is 0 Å². The lowest BCUT2D eigenvalue weighted by molar-refractivity contribution is 0.102. The molecule has 150 valence electrons. The van der Waals surface area contributed by atoms with Gasteiger partial charge in [-0.2, -0.15) is 0 Å². The van der Waals surface area contributed by atoms with Gasteiger partial charge in [0.2, 0.25) is 0 Å². The normalized spacial score (nSPS) is 10.8. The Hall–Kier alpha value is -3.52. The molecule has 0 radical (unpaired) electrons. The standard InChI is InChI=1S/C21H20N2O5S/c1-27-15-12-13-20(28-2)19(14-15)22-21(24)17-10-6-7-11-18(17)23-29(25,26)16-8-4-3-5-9-16/h3-14,23H,1-2H3,(H,22,24). The van der Waals surface area contributed by atoms with E-state index in [1.54, 1.807) is 48.5 Å². The maximum Gasteiger partial charge on any atom is 0.261 e. The molecule has 0 saturated carbocycles. The van der Waals surface area contributed by atoms with Crippen LogP contribution < -0.4 is 19.5 Å². The van der Waals surface area contributed by atoms with Gasteiger partial charge in [0, 0.05) is 6.07 Å². The second-order valence-corrected chi connectivity index (χ2v) is 7.67. The molecule has 3 aromatic carbocycles. The average molecular weight is 412 g/mol. The molecule has 0 heterocycles. The molecule has 0 aliphatic rings. The smallest absolute Gasteiger partial charge is 0.261 e. The first-order valence-electron chi connectivity index (χ1n) is 8.65. The Bertz CT molecular complexity index is 1110. The Morgan fingerprint density at radius 1 is 0.828 bits per heavy atom. The van der Waals surface area contributed by atoms with Crippen molar-refractivity contribution in [3.05, 3.63) is 78.4 Å². The third-order valence-electron chi connectivity index (χ3n) is 4.12. The maximum atomic E-state index is 12.9. The molecular formula is C21H20N2O5S.